The van der Waals surface area contributed by atoms with E-state index < -0.39 is 0 Å². The summed E-state index contributed by atoms with van der Waals surface area (Å²) in [6.45, 7) is 11.7. The van der Waals surface area contributed by atoms with Crippen molar-refractivity contribution in [3.63, 3.8) is 0 Å². The highest BCUT2D eigenvalue weighted by molar-refractivity contribution is 6.00. The van der Waals surface area contributed by atoms with Gasteiger partial charge in [-0.05, 0) is 121 Å². The van der Waals surface area contributed by atoms with Crippen LogP contribution in [0.2, 0.25) is 0 Å². The zero-order valence-electron chi connectivity index (χ0n) is 31.6. The second-order valence-electron chi connectivity index (χ2n) is 16.2. The number of aryl methyl sites for hydroxylation is 1. The molecule has 1 heteroatoms. The number of rotatable bonds is 5. The van der Waals surface area contributed by atoms with E-state index in [0.717, 1.165) is 17.1 Å². The molecule has 2 aliphatic rings. The van der Waals surface area contributed by atoms with E-state index in [2.05, 4.69) is 209 Å². The maximum atomic E-state index is 2.52. The fourth-order valence-corrected chi connectivity index (χ4v) is 9.56. The van der Waals surface area contributed by atoms with E-state index in [1.54, 1.807) is 0 Å². The predicted octanol–water partition coefficient (Wildman–Crippen LogP) is 14.6. The number of nitrogens with zero attached hydrogens (tertiary/aromatic N) is 1. The average Bonchev–Trinajstić information content (AvgIpc) is 3.57. The Hall–Kier alpha value is -6.18. The Labute approximate surface area is 319 Å². The van der Waals surface area contributed by atoms with Gasteiger partial charge in [0, 0.05) is 27.8 Å². The molecular weight excluding hydrogens is 651 g/mol. The first-order chi connectivity index (χ1) is 26.2. The summed E-state index contributed by atoms with van der Waals surface area (Å²) in [5, 5.41) is 2.52. The second-order valence-corrected chi connectivity index (χ2v) is 16.2. The molecule has 2 aliphatic carbocycles. The molecule has 0 aliphatic heterocycles. The van der Waals surface area contributed by atoms with E-state index in [-0.39, 0.29) is 10.8 Å². The van der Waals surface area contributed by atoms with Crippen molar-refractivity contribution in [3.8, 4) is 44.5 Å². The van der Waals surface area contributed by atoms with Crippen molar-refractivity contribution in [3.05, 3.63) is 198 Å². The van der Waals surface area contributed by atoms with Crippen LogP contribution in [0.4, 0.5) is 17.1 Å². The lowest BCUT2D eigenvalue weighted by atomic mass is 9.82. The Morgan fingerprint density at radius 3 is 1.50 bits per heavy atom. The van der Waals surface area contributed by atoms with Gasteiger partial charge in [-0.25, -0.2) is 0 Å². The molecule has 8 aromatic rings. The van der Waals surface area contributed by atoms with Gasteiger partial charge in [-0.1, -0.05) is 161 Å². The molecule has 1 nitrogen and oxygen atoms in total. The van der Waals surface area contributed by atoms with E-state index in [4.69, 9.17) is 0 Å². The van der Waals surface area contributed by atoms with Crippen molar-refractivity contribution in [2.45, 2.75) is 45.4 Å². The van der Waals surface area contributed by atoms with Gasteiger partial charge in [0.15, 0.2) is 0 Å². The normalized spacial score (nSPS) is 14.3. The van der Waals surface area contributed by atoms with Gasteiger partial charge in [-0.2, -0.15) is 0 Å². The molecule has 0 radical (unpaired) electrons. The molecule has 8 aromatic carbocycles. The molecule has 0 bridgehead atoms. The highest BCUT2D eigenvalue weighted by Gasteiger charge is 2.38. The largest absolute Gasteiger partial charge is 0.310 e. The minimum atomic E-state index is -0.119. The Balaban J connectivity index is 1.24. The van der Waals surface area contributed by atoms with Crippen LogP contribution in [-0.4, -0.2) is 0 Å². The van der Waals surface area contributed by atoms with Gasteiger partial charge < -0.3 is 4.90 Å². The van der Waals surface area contributed by atoms with Gasteiger partial charge in [-0.3, -0.25) is 0 Å². The minimum Gasteiger partial charge on any atom is -0.310 e. The zero-order chi connectivity index (χ0) is 36.8. The molecule has 54 heavy (non-hydrogen) atoms. The van der Waals surface area contributed by atoms with Crippen LogP contribution >= 0.6 is 0 Å². The van der Waals surface area contributed by atoms with Crippen LogP contribution < -0.4 is 4.90 Å². The van der Waals surface area contributed by atoms with E-state index in [0.29, 0.717) is 0 Å². The summed E-state index contributed by atoms with van der Waals surface area (Å²) in [6.07, 6.45) is 0. The smallest absolute Gasteiger partial charge is 0.0540 e. The minimum absolute atomic E-state index is 0.119. The highest BCUT2D eigenvalue weighted by Crippen LogP contribution is 2.54. The van der Waals surface area contributed by atoms with Gasteiger partial charge in [0.05, 0.1) is 5.69 Å². The monoisotopic (exact) mass is 693 g/mol. The number of hydrogen-bond donors (Lipinski definition) is 0. The third kappa shape index (κ3) is 4.78. The number of benzene rings is 8. The zero-order valence-corrected chi connectivity index (χ0v) is 31.6. The molecule has 0 fully saturated rings. The summed E-state index contributed by atoms with van der Waals surface area (Å²) < 4.78 is 0. The van der Waals surface area contributed by atoms with Crippen molar-refractivity contribution < 1.29 is 0 Å². The molecule has 0 aromatic heterocycles. The quantitative estimate of drug-likeness (QED) is 0.173. The molecule has 10 rings (SSSR count). The first-order valence-electron chi connectivity index (χ1n) is 19.2. The molecule has 0 saturated heterocycles. The summed E-state index contributed by atoms with van der Waals surface area (Å²) >= 11 is 0. The van der Waals surface area contributed by atoms with Crippen molar-refractivity contribution in [1.29, 1.82) is 0 Å². The average molecular weight is 694 g/mol. The first kappa shape index (κ1) is 32.5. The summed E-state index contributed by atoms with van der Waals surface area (Å²) in [5.74, 6) is 0. The summed E-state index contributed by atoms with van der Waals surface area (Å²) in [6, 6.07) is 63.5. The van der Waals surface area contributed by atoms with E-state index in [9.17, 15) is 0 Å². The van der Waals surface area contributed by atoms with Crippen LogP contribution in [0.15, 0.2) is 170 Å². The molecule has 0 atom stereocenters. The molecule has 0 amide bonds. The van der Waals surface area contributed by atoms with Crippen molar-refractivity contribution in [2.75, 3.05) is 4.90 Å². The summed E-state index contributed by atoms with van der Waals surface area (Å²) in [5.41, 5.74) is 20.3. The molecule has 0 unspecified atom stereocenters. The van der Waals surface area contributed by atoms with Gasteiger partial charge in [0.25, 0.3) is 0 Å². The Bertz CT molecular complexity index is 2690. The highest BCUT2D eigenvalue weighted by atomic mass is 15.1. The van der Waals surface area contributed by atoms with Gasteiger partial charge in [0.2, 0.25) is 0 Å². The summed E-state index contributed by atoms with van der Waals surface area (Å²) in [7, 11) is 0. The first-order valence-corrected chi connectivity index (χ1v) is 19.2. The lowest BCUT2D eigenvalue weighted by Crippen LogP contribution is -2.18. The topological polar surface area (TPSA) is 3.24 Å². The number of anilines is 3. The number of fused-ring (bicyclic) bond motifs is 7. The standard InChI is InChI=1S/C53H43N/c1-34-15-6-8-18-39(34)46-31-36(41-22-14-17-35-16-7-9-19-40(35)41)25-30-51(46)54(37-26-28-44-42-20-10-12-23-47(42)52(2,3)49(44)32-37)38-27-29-45-43-21-11-13-24-48(43)53(4,5)50(45)33-38/h6-33H,1-5H3. The third-order valence-corrected chi connectivity index (χ3v) is 12.4. The Morgan fingerprint density at radius 1 is 0.370 bits per heavy atom. The van der Waals surface area contributed by atoms with Crippen molar-refractivity contribution in [1.82, 2.24) is 0 Å². The van der Waals surface area contributed by atoms with Gasteiger partial charge in [0.1, 0.15) is 0 Å². The van der Waals surface area contributed by atoms with E-state index in [1.165, 1.54) is 83.1 Å². The maximum absolute atomic E-state index is 2.52. The van der Waals surface area contributed by atoms with E-state index >= 15 is 0 Å². The van der Waals surface area contributed by atoms with Gasteiger partial charge >= 0.3 is 0 Å². The molecular formula is C53H43N. The SMILES string of the molecule is Cc1ccccc1-c1cc(-c2cccc3ccccc23)ccc1N(c1ccc2c(c1)C(C)(C)c1ccccc1-2)c1ccc2c(c1)C(C)(C)c1ccccc1-2. The fraction of sp³-hybridized carbons (Fsp3) is 0.132. The lowest BCUT2D eigenvalue weighted by Gasteiger charge is -2.31. The fourth-order valence-electron chi connectivity index (χ4n) is 9.56. The third-order valence-electron chi connectivity index (χ3n) is 12.4. The van der Waals surface area contributed by atoms with E-state index in [1.807, 2.05) is 0 Å². The predicted molar refractivity (Wildman–Crippen MR) is 229 cm³/mol. The molecule has 0 saturated carbocycles. The maximum Gasteiger partial charge on any atom is 0.0540 e. The van der Waals surface area contributed by atoms with Crippen LogP contribution in [0, 0.1) is 6.92 Å². The van der Waals surface area contributed by atoms with Gasteiger partial charge in [-0.15, -0.1) is 0 Å². The van der Waals surface area contributed by atoms with Crippen LogP contribution in [-0.2, 0) is 10.8 Å². The second kappa shape index (κ2) is 11.9. The molecule has 0 heterocycles. The van der Waals surface area contributed by atoms with Crippen molar-refractivity contribution in [2.24, 2.45) is 0 Å². The summed E-state index contributed by atoms with van der Waals surface area (Å²) in [4.78, 5) is 2.52. The molecule has 0 spiro atoms. The van der Waals surface area contributed by atoms with Crippen LogP contribution in [0.3, 0.4) is 0 Å². The molecule has 0 N–H and O–H groups in total. The van der Waals surface area contributed by atoms with Crippen LogP contribution in [0.25, 0.3) is 55.3 Å². The van der Waals surface area contributed by atoms with Crippen LogP contribution in [0.5, 0.6) is 0 Å². The Kier molecular flexibility index (Phi) is 7.17. The number of hydrogen-bond acceptors (Lipinski definition) is 1. The Morgan fingerprint density at radius 2 is 0.870 bits per heavy atom. The molecule has 260 valence electrons. The van der Waals surface area contributed by atoms with Crippen molar-refractivity contribution >= 4 is 27.8 Å². The lowest BCUT2D eigenvalue weighted by molar-refractivity contribution is 0.660. The van der Waals surface area contributed by atoms with Crippen LogP contribution in [0.1, 0.15) is 55.5 Å².